The van der Waals surface area contributed by atoms with Gasteiger partial charge in [-0.1, -0.05) is 60.7 Å². The molecule has 2 unspecified atom stereocenters. The van der Waals surface area contributed by atoms with Crippen molar-refractivity contribution in [2.24, 2.45) is 0 Å². The van der Waals surface area contributed by atoms with E-state index < -0.39 is 0 Å². The van der Waals surface area contributed by atoms with Crippen molar-refractivity contribution in [2.45, 2.75) is 31.5 Å². The predicted octanol–water partition coefficient (Wildman–Crippen LogP) is 3.46. The number of likely N-dealkylation sites (tertiary alicyclic amines) is 1. The minimum Gasteiger partial charge on any atom is -0.302 e. The molecule has 21 heavy (non-hydrogen) atoms. The SMILES string of the molecule is CC1CC(NC(c2ccccc2)c2ccccc2)CN1C. The maximum Gasteiger partial charge on any atom is 0.0579 e. The first kappa shape index (κ1) is 14.3. The average molecular weight is 280 g/mol. The van der Waals surface area contributed by atoms with Crippen LogP contribution >= 0.6 is 0 Å². The molecular weight excluding hydrogens is 256 g/mol. The second kappa shape index (κ2) is 6.42. The van der Waals surface area contributed by atoms with Crippen LogP contribution in [0.4, 0.5) is 0 Å². The van der Waals surface area contributed by atoms with Gasteiger partial charge < -0.3 is 10.2 Å². The lowest BCUT2D eigenvalue weighted by Crippen LogP contribution is -2.35. The normalized spacial score (nSPS) is 22.8. The molecule has 2 aromatic rings. The molecule has 0 radical (unpaired) electrons. The number of rotatable bonds is 4. The maximum absolute atomic E-state index is 3.87. The van der Waals surface area contributed by atoms with E-state index in [4.69, 9.17) is 0 Å². The van der Waals surface area contributed by atoms with E-state index in [1.807, 2.05) is 0 Å². The van der Waals surface area contributed by atoms with Gasteiger partial charge in [-0.2, -0.15) is 0 Å². The van der Waals surface area contributed by atoms with Gasteiger partial charge in [-0.3, -0.25) is 0 Å². The van der Waals surface area contributed by atoms with Crippen molar-refractivity contribution in [3.05, 3.63) is 71.8 Å². The Morgan fingerprint density at radius 3 is 1.90 bits per heavy atom. The van der Waals surface area contributed by atoms with Crippen LogP contribution in [0, 0.1) is 0 Å². The van der Waals surface area contributed by atoms with Crippen LogP contribution in [-0.4, -0.2) is 30.6 Å². The molecular formula is C19H24N2. The van der Waals surface area contributed by atoms with Crippen molar-refractivity contribution in [1.82, 2.24) is 10.2 Å². The highest BCUT2D eigenvalue weighted by Crippen LogP contribution is 2.25. The molecule has 1 aliphatic rings. The third-order valence-corrected chi connectivity index (χ3v) is 4.55. The highest BCUT2D eigenvalue weighted by Gasteiger charge is 2.28. The summed E-state index contributed by atoms with van der Waals surface area (Å²) in [7, 11) is 2.21. The lowest BCUT2D eigenvalue weighted by Gasteiger charge is -2.24. The van der Waals surface area contributed by atoms with Crippen molar-refractivity contribution < 1.29 is 0 Å². The van der Waals surface area contributed by atoms with Crippen molar-refractivity contribution in [1.29, 1.82) is 0 Å². The smallest absolute Gasteiger partial charge is 0.0579 e. The van der Waals surface area contributed by atoms with E-state index in [0.717, 1.165) is 6.54 Å². The van der Waals surface area contributed by atoms with Gasteiger partial charge in [-0.05, 0) is 31.5 Å². The van der Waals surface area contributed by atoms with E-state index in [9.17, 15) is 0 Å². The van der Waals surface area contributed by atoms with Crippen molar-refractivity contribution >= 4 is 0 Å². The number of nitrogens with one attached hydrogen (secondary N) is 1. The van der Waals surface area contributed by atoms with Crippen LogP contribution in [-0.2, 0) is 0 Å². The standard InChI is InChI=1S/C19H24N2/c1-15-13-18(14-21(15)2)20-19(16-9-5-3-6-10-16)17-11-7-4-8-12-17/h3-12,15,18-20H,13-14H2,1-2H3. The summed E-state index contributed by atoms with van der Waals surface area (Å²) in [6, 6.07) is 23.0. The fourth-order valence-corrected chi connectivity index (χ4v) is 3.23. The molecule has 1 heterocycles. The Hall–Kier alpha value is -1.64. The van der Waals surface area contributed by atoms with Crippen LogP contribution in [0.3, 0.4) is 0 Å². The second-order valence-electron chi connectivity index (χ2n) is 6.14. The molecule has 1 fully saturated rings. The van der Waals surface area contributed by atoms with E-state index in [1.54, 1.807) is 0 Å². The third kappa shape index (κ3) is 3.34. The Morgan fingerprint density at radius 1 is 0.952 bits per heavy atom. The van der Waals surface area contributed by atoms with Gasteiger partial charge in [-0.15, -0.1) is 0 Å². The first-order valence-electron chi connectivity index (χ1n) is 7.80. The molecule has 2 atom stereocenters. The van der Waals surface area contributed by atoms with Crippen LogP contribution in [0.1, 0.15) is 30.5 Å². The van der Waals surface area contributed by atoms with Crippen molar-refractivity contribution in [2.75, 3.05) is 13.6 Å². The lowest BCUT2D eigenvalue weighted by molar-refractivity contribution is 0.325. The minimum atomic E-state index is 0.274. The molecule has 0 aromatic heterocycles. The summed E-state index contributed by atoms with van der Waals surface area (Å²) in [6.07, 6.45) is 1.21. The molecule has 1 aliphatic heterocycles. The third-order valence-electron chi connectivity index (χ3n) is 4.55. The number of hydrogen-bond acceptors (Lipinski definition) is 2. The van der Waals surface area contributed by atoms with E-state index in [1.165, 1.54) is 17.5 Å². The molecule has 3 rings (SSSR count). The summed E-state index contributed by atoms with van der Waals surface area (Å²) in [5, 5.41) is 3.87. The van der Waals surface area contributed by atoms with Crippen LogP contribution in [0.2, 0.25) is 0 Å². The van der Waals surface area contributed by atoms with Gasteiger partial charge in [0.25, 0.3) is 0 Å². The van der Waals surface area contributed by atoms with Crippen LogP contribution in [0.15, 0.2) is 60.7 Å². The summed E-state index contributed by atoms with van der Waals surface area (Å²) >= 11 is 0. The minimum absolute atomic E-state index is 0.274. The Balaban J connectivity index is 1.84. The molecule has 0 bridgehead atoms. The first-order valence-corrected chi connectivity index (χ1v) is 7.80. The summed E-state index contributed by atoms with van der Waals surface area (Å²) in [6.45, 7) is 3.43. The largest absolute Gasteiger partial charge is 0.302 e. The highest BCUT2D eigenvalue weighted by atomic mass is 15.2. The van der Waals surface area contributed by atoms with E-state index in [0.29, 0.717) is 12.1 Å². The van der Waals surface area contributed by atoms with Gasteiger partial charge in [-0.25, -0.2) is 0 Å². The Morgan fingerprint density at radius 2 is 1.48 bits per heavy atom. The maximum atomic E-state index is 3.87. The number of likely N-dealkylation sites (N-methyl/N-ethyl adjacent to an activating group) is 1. The number of nitrogens with zero attached hydrogens (tertiary/aromatic N) is 1. The molecule has 1 N–H and O–H groups in total. The summed E-state index contributed by atoms with van der Waals surface area (Å²) < 4.78 is 0. The molecule has 0 amide bonds. The molecule has 2 heteroatoms. The molecule has 0 aliphatic carbocycles. The van der Waals surface area contributed by atoms with Crippen molar-refractivity contribution in [3.63, 3.8) is 0 Å². The van der Waals surface area contributed by atoms with Gasteiger partial charge in [0.05, 0.1) is 6.04 Å². The highest BCUT2D eigenvalue weighted by molar-refractivity contribution is 5.31. The van der Waals surface area contributed by atoms with E-state index in [-0.39, 0.29) is 6.04 Å². The molecule has 110 valence electrons. The van der Waals surface area contributed by atoms with Crippen LogP contribution in [0.5, 0.6) is 0 Å². The van der Waals surface area contributed by atoms with E-state index >= 15 is 0 Å². The van der Waals surface area contributed by atoms with Gasteiger partial charge in [0.15, 0.2) is 0 Å². The lowest BCUT2D eigenvalue weighted by atomic mass is 9.97. The summed E-state index contributed by atoms with van der Waals surface area (Å²) in [4.78, 5) is 2.44. The average Bonchev–Trinajstić information content (AvgIpc) is 2.85. The zero-order valence-electron chi connectivity index (χ0n) is 12.9. The molecule has 0 spiro atoms. The van der Waals surface area contributed by atoms with Gasteiger partial charge in [0.1, 0.15) is 0 Å². The zero-order chi connectivity index (χ0) is 14.7. The first-order chi connectivity index (χ1) is 10.2. The molecule has 2 nitrogen and oxygen atoms in total. The predicted molar refractivity (Wildman–Crippen MR) is 88.4 cm³/mol. The van der Waals surface area contributed by atoms with Gasteiger partial charge in [0.2, 0.25) is 0 Å². The monoisotopic (exact) mass is 280 g/mol. The van der Waals surface area contributed by atoms with Crippen LogP contribution in [0.25, 0.3) is 0 Å². The summed E-state index contributed by atoms with van der Waals surface area (Å²) in [5.41, 5.74) is 2.68. The van der Waals surface area contributed by atoms with E-state index in [2.05, 4.69) is 84.9 Å². The molecule has 1 saturated heterocycles. The summed E-state index contributed by atoms with van der Waals surface area (Å²) in [5.74, 6) is 0. The molecule has 0 saturated carbocycles. The zero-order valence-corrected chi connectivity index (χ0v) is 12.9. The second-order valence-corrected chi connectivity index (χ2v) is 6.14. The van der Waals surface area contributed by atoms with Gasteiger partial charge >= 0.3 is 0 Å². The number of hydrogen-bond donors (Lipinski definition) is 1. The Bertz CT molecular complexity index is 503. The topological polar surface area (TPSA) is 15.3 Å². The fraction of sp³-hybridized carbons (Fsp3) is 0.368. The molecule has 2 aromatic carbocycles. The van der Waals surface area contributed by atoms with Crippen LogP contribution < -0.4 is 5.32 Å². The Kier molecular flexibility index (Phi) is 4.37. The Labute approximate surface area is 127 Å². The number of benzene rings is 2. The quantitative estimate of drug-likeness (QED) is 0.922. The fourth-order valence-electron chi connectivity index (χ4n) is 3.23. The van der Waals surface area contributed by atoms with Crippen molar-refractivity contribution in [3.8, 4) is 0 Å². The van der Waals surface area contributed by atoms with Gasteiger partial charge in [0, 0.05) is 18.6 Å².